The molecule has 1 N–H and O–H groups in total. The third-order valence-electron chi connectivity index (χ3n) is 4.39. The van der Waals surface area contributed by atoms with Gasteiger partial charge in [-0.2, -0.15) is 0 Å². The van der Waals surface area contributed by atoms with Crippen molar-refractivity contribution in [3.05, 3.63) is 35.4 Å². The minimum Gasteiger partial charge on any atom is -0.312 e. The molecule has 1 fully saturated rings. The first-order chi connectivity index (χ1) is 9.61. The van der Waals surface area contributed by atoms with Crippen LogP contribution in [0.4, 0.5) is 0 Å². The van der Waals surface area contributed by atoms with Crippen LogP contribution in [0.25, 0.3) is 0 Å². The molecule has 0 bridgehead atoms. The number of hydrogen-bond donors (Lipinski definition) is 1. The number of nitrogens with zero attached hydrogens (tertiary/aromatic N) is 1. The Hall–Kier alpha value is -0.860. The van der Waals surface area contributed by atoms with E-state index >= 15 is 0 Å². The molecule has 2 nitrogen and oxygen atoms in total. The summed E-state index contributed by atoms with van der Waals surface area (Å²) < 4.78 is 0. The van der Waals surface area contributed by atoms with Crippen LogP contribution in [0.5, 0.6) is 0 Å². The van der Waals surface area contributed by atoms with Gasteiger partial charge in [0.1, 0.15) is 0 Å². The number of rotatable bonds is 8. The molecule has 0 saturated heterocycles. The van der Waals surface area contributed by atoms with E-state index in [1.807, 2.05) is 0 Å². The van der Waals surface area contributed by atoms with E-state index in [-0.39, 0.29) is 0 Å². The molecule has 1 unspecified atom stereocenters. The molecule has 20 heavy (non-hydrogen) atoms. The highest BCUT2D eigenvalue weighted by Gasteiger charge is 2.30. The molecule has 0 spiro atoms. The average molecular weight is 274 g/mol. The lowest BCUT2D eigenvalue weighted by atomic mass is 10.0. The lowest BCUT2D eigenvalue weighted by molar-refractivity contribution is 0.224. The predicted molar refractivity (Wildman–Crippen MR) is 87.0 cm³/mol. The molecule has 0 radical (unpaired) electrons. The van der Waals surface area contributed by atoms with Crippen molar-refractivity contribution in [2.75, 3.05) is 20.1 Å². The first-order valence-electron chi connectivity index (χ1n) is 8.08. The highest BCUT2D eigenvalue weighted by atomic mass is 15.2. The molecule has 1 saturated carbocycles. The molecule has 0 aliphatic heterocycles. The quantitative estimate of drug-likeness (QED) is 0.776. The van der Waals surface area contributed by atoms with Crippen molar-refractivity contribution in [3.63, 3.8) is 0 Å². The zero-order valence-corrected chi connectivity index (χ0v) is 13.5. The fourth-order valence-electron chi connectivity index (χ4n) is 2.84. The van der Waals surface area contributed by atoms with Crippen LogP contribution in [-0.4, -0.2) is 31.1 Å². The van der Waals surface area contributed by atoms with Crippen molar-refractivity contribution >= 4 is 0 Å². The number of nitrogens with one attached hydrogen (secondary N) is 1. The Labute approximate surface area is 124 Å². The van der Waals surface area contributed by atoms with Crippen LogP contribution < -0.4 is 5.32 Å². The zero-order chi connectivity index (χ0) is 14.5. The maximum atomic E-state index is 3.52. The highest BCUT2D eigenvalue weighted by Crippen LogP contribution is 2.30. The van der Waals surface area contributed by atoms with Crippen molar-refractivity contribution in [2.45, 2.75) is 52.1 Å². The maximum Gasteiger partial charge on any atom is 0.0449 e. The van der Waals surface area contributed by atoms with E-state index in [1.165, 1.54) is 36.9 Å². The largest absolute Gasteiger partial charge is 0.312 e. The Morgan fingerprint density at radius 3 is 2.50 bits per heavy atom. The van der Waals surface area contributed by atoms with Gasteiger partial charge in [-0.15, -0.1) is 0 Å². The summed E-state index contributed by atoms with van der Waals surface area (Å²) in [7, 11) is 2.09. The van der Waals surface area contributed by atoms with Gasteiger partial charge in [0, 0.05) is 18.6 Å². The Bertz CT molecular complexity index is 410. The second-order valence-electron chi connectivity index (χ2n) is 6.61. The molecule has 1 aliphatic carbocycles. The summed E-state index contributed by atoms with van der Waals surface area (Å²) in [6.45, 7) is 9.24. The molecule has 1 atom stereocenters. The molecule has 0 amide bonds. The molecule has 2 rings (SSSR count). The Morgan fingerprint density at radius 2 is 1.95 bits per heavy atom. The summed E-state index contributed by atoms with van der Waals surface area (Å²) in [5.41, 5.74) is 2.84. The smallest absolute Gasteiger partial charge is 0.0449 e. The van der Waals surface area contributed by atoms with Crippen LogP contribution in [-0.2, 0) is 0 Å². The van der Waals surface area contributed by atoms with Gasteiger partial charge in [0.25, 0.3) is 0 Å². The second-order valence-corrected chi connectivity index (χ2v) is 6.61. The molecule has 1 aromatic carbocycles. The van der Waals surface area contributed by atoms with Gasteiger partial charge in [-0.3, -0.25) is 4.90 Å². The van der Waals surface area contributed by atoms with Crippen molar-refractivity contribution in [2.24, 2.45) is 5.92 Å². The molecular formula is C18H30N2. The lowest BCUT2D eigenvalue weighted by Gasteiger charge is -2.29. The number of aryl methyl sites for hydroxylation is 1. The van der Waals surface area contributed by atoms with Gasteiger partial charge in [-0.1, -0.05) is 38.1 Å². The Morgan fingerprint density at radius 1 is 1.25 bits per heavy atom. The highest BCUT2D eigenvalue weighted by molar-refractivity contribution is 5.29. The number of likely N-dealkylation sites (N-methyl/N-ethyl adjacent to an activating group) is 1. The van der Waals surface area contributed by atoms with E-state index in [4.69, 9.17) is 0 Å². The standard InChI is InChI=1S/C18H30N2/c1-14(2)11-12-20(16-9-10-16)13-18(19-4)17-8-6-5-7-15(17)3/h5-8,14,16,18-19H,9-13H2,1-4H3. The number of benzene rings is 1. The van der Waals surface area contributed by atoms with Gasteiger partial charge in [0.15, 0.2) is 0 Å². The number of hydrogen-bond acceptors (Lipinski definition) is 2. The molecular weight excluding hydrogens is 244 g/mol. The molecule has 0 aromatic heterocycles. The van der Waals surface area contributed by atoms with Crippen LogP contribution in [0.15, 0.2) is 24.3 Å². The van der Waals surface area contributed by atoms with Gasteiger partial charge in [0.2, 0.25) is 0 Å². The summed E-state index contributed by atoms with van der Waals surface area (Å²) in [6.07, 6.45) is 4.09. The van der Waals surface area contributed by atoms with E-state index in [0.717, 1.165) is 18.5 Å². The summed E-state index contributed by atoms with van der Waals surface area (Å²) in [6, 6.07) is 10.1. The molecule has 1 aromatic rings. The van der Waals surface area contributed by atoms with Gasteiger partial charge in [-0.25, -0.2) is 0 Å². The maximum absolute atomic E-state index is 3.52. The Kier molecular flexibility index (Phi) is 5.62. The normalized spacial score (nSPS) is 16.9. The van der Waals surface area contributed by atoms with Gasteiger partial charge >= 0.3 is 0 Å². The summed E-state index contributed by atoms with van der Waals surface area (Å²) in [4.78, 5) is 2.70. The van der Waals surface area contributed by atoms with Crippen LogP contribution in [0.2, 0.25) is 0 Å². The van der Waals surface area contributed by atoms with Crippen LogP contribution in [0, 0.1) is 12.8 Å². The van der Waals surface area contributed by atoms with Crippen molar-refractivity contribution < 1.29 is 0 Å². The topological polar surface area (TPSA) is 15.3 Å². The van der Waals surface area contributed by atoms with E-state index in [0.29, 0.717) is 6.04 Å². The van der Waals surface area contributed by atoms with Crippen LogP contribution in [0.3, 0.4) is 0 Å². The minimum absolute atomic E-state index is 0.448. The minimum atomic E-state index is 0.448. The van der Waals surface area contributed by atoms with Crippen molar-refractivity contribution in [1.29, 1.82) is 0 Å². The van der Waals surface area contributed by atoms with Crippen LogP contribution >= 0.6 is 0 Å². The predicted octanol–water partition coefficient (Wildman–Crippen LogP) is 3.77. The van der Waals surface area contributed by atoms with Crippen LogP contribution in [0.1, 0.15) is 50.3 Å². The molecule has 0 heterocycles. The van der Waals surface area contributed by atoms with Gasteiger partial charge in [-0.05, 0) is 56.8 Å². The summed E-state index contributed by atoms with van der Waals surface area (Å²) >= 11 is 0. The van der Waals surface area contributed by atoms with Gasteiger partial charge in [0.05, 0.1) is 0 Å². The first-order valence-corrected chi connectivity index (χ1v) is 8.08. The third kappa shape index (κ3) is 4.32. The average Bonchev–Trinajstić information content (AvgIpc) is 3.24. The summed E-state index contributed by atoms with van der Waals surface area (Å²) in [5.74, 6) is 0.794. The monoisotopic (exact) mass is 274 g/mol. The second kappa shape index (κ2) is 7.24. The van der Waals surface area contributed by atoms with E-state index in [9.17, 15) is 0 Å². The zero-order valence-electron chi connectivity index (χ0n) is 13.5. The van der Waals surface area contributed by atoms with Crippen molar-refractivity contribution in [3.8, 4) is 0 Å². The van der Waals surface area contributed by atoms with E-state index in [2.05, 4.69) is 62.3 Å². The fourth-order valence-corrected chi connectivity index (χ4v) is 2.84. The summed E-state index contributed by atoms with van der Waals surface area (Å²) in [5, 5.41) is 3.52. The third-order valence-corrected chi connectivity index (χ3v) is 4.39. The van der Waals surface area contributed by atoms with E-state index < -0.39 is 0 Å². The molecule has 2 heteroatoms. The van der Waals surface area contributed by atoms with E-state index in [1.54, 1.807) is 0 Å². The molecule has 1 aliphatic rings. The van der Waals surface area contributed by atoms with Crippen molar-refractivity contribution in [1.82, 2.24) is 10.2 Å². The lowest BCUT2D eigenvalue weighted by Crippen LogP contribution is -2.36. The molecule has 112 valence electrons. The first kappa shape index (κ1) is 15.5. The fraction of sp³-hybridized carbons (Fsp3) is 0.667. The Balaban J connectivity index is 2.01. The SMILES string of the molecule is CNC(CN(CCC(C)C)C1CC1)c1ccccc1C. The van der Waals surface area contributed by atoms with Gasteiger partial charge < -0.3 is 5.32 Å².